The lowest BCUT2D eigenvalue weighted by molar-refractivity contribution is -0.133. The first-order chi connectivity index (χ1) is 10.5. The monoisotopic (exact) mass is 300 g/mol. The first kappa shape index (κ1) is 15.8. The number of rotatable bonds is 5. The van der Waals surface area contributed by atoms with Gasteiger partial charge >= 0.3 is 0 Å². The summed E-state index contributed by atoms with van der Waals surface area (Å²) in [6.07, 6.45) is 1.55. The highest BCUT2D eigenvalue weighted by atomic mass is 16.3. The zero-order valence-electron chi connectivity index (χ0n) is 13.1. The van der Waals surface area contributed by atoms with Gasteiger partial charge < -0.3 is 14.6 Å². The molecule has 0 aliphatic heterocycles. The third kappa shape index (κ3) is 4.22. The number of hydrogen-bond acceptors (Lipinski definition) is 3. The molecule has 1 aromatic heterocycles. The normalized spacial score (nSPS) is 10.3. The summed E-state index contributed by atoms with van der Waals surface area (Å²) in [6, 6.07) is 9.34. The maximum Gasteiger partial charge on any atom is 0.244 e. The van der Waals surface area contributed by atoms with Crippen molar-refractivity contribution in [3.63, 3.8) is 0 Å². The summed E-state index contributed by atoms with van der Waals surface area (Å²) in [5.74, 6) is 0.246. The second-order valence-electron chi connectivity index (χ2n) is 5.32. The Morgan fingerprint density at radius 2 is 2.00 bits per heavy atom. The van der Waals surface area contributed by atoms with E-state index in [9.17, 15) is 9.59 Å². The number of anilines is 1. The lowest BCUT2D eigenvalue weighted by Gasteiger charge is -2.19. The first-order valence-corrected chi connectivity index (χ1v) is 7.10. The Labute approximate surface area is 129 Å². The SMILES string of the molecule is CC(=O)N(CC(=O)Nc1ccc(C)cc1C)Cc1ccco1. The Kier molecular flexibility index (Phi) is 4.99. The van der Waals surface area contributed by atoms with E-state index in [0.29, 0.717) is 5.76 Å². The van der Waals surface area contributed by atoms with Gasteiger partial charge in [-0.2, -0.15) is 0 Å². The van der Waals surface area contributed by atoms with E-state index in [2.05, 4.69) is 5.32 Å². The molecule has 1 heterocycles. The predicted molar refractivity (Wildman–Crippen MR) is 84.3 cm³/mol. The summed E-state index contributed by atoms with van der Waals surface area (Å²) in [4.78, 5) is 25.3. The van der Waals surface area contributed by atoms with Crippen molar-refractivity contribution in [1.82, 2.24) is 4.90 Å². The van der Waals surface area contributed by atoms with Crippen molar-refractivity contribution in [2.45, 2.75) is 27.3 Å². The van der Waals surface area contributed by atoms with Crippen LogP contribution in [0.1, 0.15) is 23.8 Å². The summed E-state index contributed by atoms with van der Waals surface area (Å²) in [7, 11) is 0. The Balaban J connectivity index is 2.00. The molecule has 0 saturated heterocycles. The number of furan rings is 1. The van der Waals surface area contributed by atoms with Gasteiger partial charge in [-0.05, 0) is 37.6 Å². The van der Waals surface area contributed by atoms with E-state index in [0.717, 1.165) is 16.8 Å². The molecule has 2 rings (SSSR count). The van der Waals surface area contributed by atoms with E-state index in [-0.39, 0.29) is 24.9 Å². The number of aryl methyl sites for hydroxylation is 2. The van der Waals surface area contributed by atoms with Crippen LogP contribution in [-0.4, -0.2) is 23.3 Å². The number of hydrogen-bond donors (Lipinski definition) is 1. The molecule has 0 saturated carbocycles. The molecular formula is C17H20N2O3. The maximum absolute atomic E-state index is 12.2. The molecule has 5 heteroatoms. The van der Waals surface area contributed by atoms with Crippen LogP contribution in [0.2, 0.25) is 0 Å². The summed E-state index contributed by atoms with van der Waals surface area (Å²) in [5.41, 5.74) is 2.89. The second kappa shape index (κ2) is 6.93. The van der Waals surface area contributed by atoms with E-state index < -0.39 is 0 Å². The smallest absolute Gasteiger partial charge is 0.244 e. The van der Waals surface area contributed by atoms with E-state index in [4.69, 9.17) is 4.42 Å². The lowest BCUT2D eigenvalue weighted by atomic mass is 10.1. The Bertz CT molecular complexity index is 663. The van der Waals surface area contributed by atoms with Crippen LogP contribution in [0.5, 0.6) is 0 Å². The largest absolute Gasteiger partial charge is 0.467 e. The Morgan fingerprint density at radius 3 is 2.59 bits per heavy atom. The summed E-state index contributed by atoms with van der Waals surface area (Å²) < 4.78 is 5.22. The van der Waals surface area contributed by atoms with E-state index in [1.807, 2.05) is 32.0 Å². The van der Waals surface area contributed by atoms with Crippen molar-refractivity contribution >= 4 is 17.5 Å². The van der Waals surface area contributed by atoms with Crippen LogP contribution < -0.4 is 5.32 Å². The lowest BCUT2D eigenvalue weighted by Crippen LogP contribution is -2.36. The minimum Gasteiger partial charge on any atom is -0.467 e. The topological polar surface area (TPSA) is 62.6 Å². The molecule has 0 atom stereocenters. The van der Waals surface area contributed by atoms with Crippen LogP contribution in [0, 0.1) is 13.8 Å². The van der Waals surface area contributed by atoms with Crippen LogP contribution in [0.15, 0.2) is 41.0 Å². The molecule has 22 heavy (non-hydrogen) atoms. The number of nitrogens with one attached hydrogen (secondary N) is 1. The van der Waals surface area contributed by atoms with E-state index in [1.54, 1.807) is 18.4 Å². The Morgan fingerprint density at radius 1 is 1.23 bits per heavy atom. The van der Waals surface area contributed by atoms with Crippen molar-refractivity contribution in [1.29, 1.82) is 0 Å². The standard InChI is InChI=1S/C17H20N2O3/c1-12-6-7-16(13(2)9-12)18-17(21)11-19(14(3)20)10-15-5-4-8-22-15/h4-9H,10-11H2,1-3H3,(H,18,21). The van der Waals surface area contributed by atoms with Crippen molar-refractivity contribution in [3.05, 3.63) is 53.5 Å². The van der Waals surface area contributed by atoms with E-state index in [1.165, 1.54) is 11.8 Å². The predicted octanol–water partition coefficient (Wildman–Crippen LogP) is 2.88. The van der Waals surface area contributed by atoms with Crippen LogP contribution in [-0.2, 0) is 16.1 Å². The van der Waals surface area contributed by atoms with Gasteiger partial charge in [0.15, 0.2) is 0 Å². The zero-order valence-corrected chi connectivity index (χ0v) is 13.1. The second-order valence-corrected chi connectivity index (χ2v) is 5.32. The molecule has 0 radical (unpaired) electrons. The van der Waals surface area contributed by atoms with Crippen LogP contribution >= 0.6 is 0 Å². The van der Waals surface area contributed by atoms with Gasteiger partial charge in [-0.1, -0.05) is 17.7 Å². The fraction of sp³-hybridized carbons (Fsp3) is 0.294. The third-order valence-corrected chi connectivity index (χ3v) is 3.36. The van der Waals surface area contributed by atoms with Gasteiger partial charge in [0.1, 0.15) is 12.3 Å². The highest BCUT2D eigenvalue weighted by Gasteiger charge is 2.16. The van der Waals surface area contributed by atoms with Crippen molar-refractivity contribution < 1.29 is 14.0 Å². The van der Waals surface area contributed by atoms with Gasteiger partial charge in [0.2, 0.25) is 11.8 Å². The van der Waals surface area contributed by atoms with Gasteiger partial charge in [0.25, 0.3) is 0 Å². The van der Waals surface area contributed by atoms with E-state index >= 15 is 0 Å². The molecule has 1 N–H and O–H groups in total. The summed E-state index contributed by atoms with van der Waals surface area (Å²) in [6.45, 7) is 5.65. The fourth-order valence-electron chi connectivity index (χ4n) is 2.19. The average molecular weight is 300 g/mol. The highest BCUT2D eigenvalue weighted by molar-refractivity contribution is 5.94. The molecule has 1 aromatic carbocycles. The highest BCUT2D eigenvalue weighted by Crippen LogP contribution is 2.16. The van der Waals surface area contributed by atoms with Gasteiger partial charge in [-0.3, -0.25) is 9.59 Å². The average Bonchev–Trinajstić information content (AvgIpc) is 2.94. The fourth-order valence-corrected chi connectivity index (χ4v) is 2.19. The first-order valence-electron chi connectivity index (χ1n) is 7.10. The van der Waals surface area contributed by atoms with Crippen LogP contribution in [0.3, 0.4) is 0 Å². The van der Waals surface area contributed by atoms with Gasteiger partial charge in [0.05, 0.1) is 12.8 Å². The third-order valence-electron chi connectivity index (χ3n) is 3.36. The van der Waals surface area contributed by atoms with Crippen LogP contribution in [0.25, 0.3) is 0 Å². The maximum atomic E-state index is 12.2. The number of benzene rings is 1. The van der Waals surface area contributed by atoms with Crippen molar-refractivity contribution in [2.24, 2.45) is 0 Å². The molecular weight excluding hydrogens is 280 g/mol. The van der Waals surface area contributed by atoms with Gasteiger partial charge in [0, 0.05) is 12.6 Å². The van der Waals surface area contributed by atoms with Gasteiger partial charge in [-0.15, -0.1) is 0 Å². The van der Waals surface area contributed by atoms with Crippen molar-refractivity contribution in [2.75, 3.05) is 11.9 Å². The minimum atomic E-state index is -0.228. The molecule has 2 aromatic rings. The molecule has 5 nitrogen and oxygen atoms in total. The zero-order chi connectivity index (χ0) is 16.1. The van der Waals surface area contributed by atoms with Gasteiger partial charge in [-0.25, -0.2) is 0 Å². The molecule has 0 fully saturated rings. The molecule has 0 aliphatic rings. The molecule has 0 bridgehead atoms. The minimum absolute atomic E-state index is 0.0106. The molecule has 0 spiro atoms. The quantitative estimate of drug-likeness (QED) is 0.923. The number of carbonyl (C=O) groups excluding carboxylic acids is 2. The number of carbonyl (C=O) groups is 2. The summed E-state index contributed by atoms with van der Waals surface area (Å²) in [5, 5.41) is 2.84. The molecule has 0 unspecified atom stereocenters. The van der Waals surface area contributed by atoms with Crippen molar-refractivity contribution in [3.8, 4) is 0 Å². The number of amides is 2. The molecule has 2 amide bonds. The number of nitrogens with zero attached hydrogens (tertiary/aromatic N) is 1. The summed E-state index contributed by atoms with van der Waals surface area (Å²) >= 11 is 0. The molecule has 116 valence electrons. The Hall–Kier alpha value is -2.56. The van der Waals surface area contributed by atoms with Crippen LogP contribution in [0.4, 0.5) is 5.69 Å². The molecule has 0 aliphatic carbocycles.